The largest absolute Gasteiger partial charge is 0.461 e. The summed E-state index contributed by atoms with van der Waals surface area (Å²) in [6, 6.07) is 1.74. The van der Waals surface area contributed by atoms with Crippen molar-refractivity contribution in [1.82, 2.24) is 0 Å². The van der Waals surface area contributed by atoms with Gasteiger partial charge >= 0.3 is 5.97 Å². The lowest BCUT2D eigenvalue weighted by Crippen LogP contribution is -2.16. The maximum atomic E-state index is 11.7. The Morgan fingerprint density at radius 2 is 2.19 bits per heavy atom. The lowest BCUT2D eigenvalue weighted by molar-refractivity contribution is 0.0417. The molecule has 0 aromatic carbocycles. The van der Waals surface area contributed by atoms with Gasteiger partial charge in [-0.25, -0.2) is 4.79 Å². The van der Waals surface area contributed by atoms with Crippen LogP contribution >= 0.6 is 11.3 Å². The number of anilines is 1. The number of carbonyl (C=O) groups is 1. The molecule has 0 saturated heterocycles. The van der Waals surface area contributed by atoms with Crippen LogP contribution in [0, 0.1) is 5.92 Å². The van der Waals surface area contributed by atoms with Gasteiger partial charge in [-0.3, -0.25) is 0 Å². The molecule has 4 heteroatoms. The van der Waals surface area contributed by atoms with Crippen LogP contribution in [0.2, 0.25) is 0 Å². The fourth-order valence-electron chi connectivity index (χ4n) is 2.10. The van der Waals surface area contributed by atoms with Gasteiger partial charge in [0.15, 0.2) is 0 Å². The number of hydrogen-bond acceptors (Lipinski definition) is 4. The van der Waals surface area contributed by atoms with Crippen molar-refractivity contribution in [3.8, 4) is 0 Å². The van der Waals surface area contributed by atoms with Crippen molar-refractivity contribution in [2.24, 2.45) is 5.92 Å². The van der Waals surface area contributed by atoms with Crippen LogP contribution in [0.3, 0.4) is 0 Å². The lowest BCUT2D eigenvalue weighted by atomic mass is 9.90. The third-order valence-corrected chi connectivity index (χ3v) is 3.97. The van der Waals surface area contributed by atoms with Crippen molar-refractivity contribution in [3.05, 3.63) is 16.3 Å². The number of nitrogens with two attached hydrogens (primary N) is 1. The van der Waals surface area contributed by atoms with Gasteiger partial charge in [-0.05, 0) is 30.2 Å². The lowest BCUT2D eigenvalue weighted by Gasteiger charge is -2.20. The first-order chi connectivity index (χ1) is 7.77. The van der Waals surface area contributed by atoms with Gasteiger partial charge in [0.2, 0.25) is 0 Å². The molecular formula is C12H17NO2S. The summed E-state index contributed by atoms with van der Waals surface area (Å²) in [7, 11) is 0. The third kappa shape index (κ3) is 2.76. The summed E-state index contributed by atoms with van der Waals surface area (Å²) in [6.07, 6.45) is 6.23. The van der Waals surface area contributed by atoms with Gasteiger partial charge in [-0.15, -0.1) is 11.3 Å². The van der Waals surface area contributed by atoms with Gasteiger partial charge in [0.1, 0.15) is 4.88 Å². The highest BCUT2D eigenvalue weighted by Gasteiger charge is 2.18. The van der Waals surface area contributed by atoms with Crippen molar-refractivity contribution < 1.29 is 9.53 Å². The predicted molar refractivity (Wildman–Crippen MR) is 65.6 cm³/mol. The summed E-state index contributed by atoms with van der Waals surface area (Å²) in [5.41, 5.74) is 6.19. The molecule has 88 valence electrons. The summed E-state index contributed by atoms with van der Waals surface area (Å²) in [5, 5.41) is 1.81. The monoisotopic (exact) mass is 239 g/mol. The zero-order valence-electron chi connectivity index (χ0n) is 9.28. The molecule has 16 heavy (non-hydrogen) atoms. The van der Waals surface area contributed by atoms with E-state index in [2.05, 4.69) is 0 Å². The first-order valence-corrected chi connectivity index (χ1v) is 6.65. The Morgan fingerprint density at radius 1 is 1.44 bits per heavy atom. The molecule has 1 aromatic heterocycles. The molecule has 1 aliphatic carbocycles. The molecule has 0 spiro atoms. The molecule has 1 heterocycles. The smallest absolute Gasteiger partial charge is 0.350 e. The molecule has 1 aromatic rings. The topological polar surface area (TPSA) is 52.3 Å². The van der Waals surface area contributed by atoms with Crippen molar-refractivity contribution in [1.29, 1.82) is 0 Å². The number of carbonyl (C=O) groups excluding carboxylic acids is 1. The maximum Gasteiger partial charge on any atom is 0.350 e. The molecule has 1 saturated carbocycles. The van der Waals surface area contributed by atoms with E-state index < -0.39 is 0 Å². The van der Waals surface area contributed by atoms with E-state index in [9.17, 15) is 4.79 Å². The number of thiophene rings is 1. The molecular weight excluding hydrogens is 222 g/mol. The summed E-state index contributed by atoms with van der Waals surface area (Å²) in [6.45, 7) is 0.552. The number of rotatable bonds is 3. The van der Waals surface area contributed by atoms with Crippen molar-refractivity contribution in [2.75, 3.05) is 12.3 Å². The minimum absolute atomic E-state index is 0.266. The second-order valence-corrected chi connectivity index (χ2v) is 5.22. The zero-order valence-corrected chi connectivity index (χ0v) is 10.1. The first kappa shape index (κ1) is 11.5. The molecule has 0 radical (unpaired) electrons. The van der Waals surface area contributed by atoms with Crippen LogP contribution in [0.25, 0.3) is 0 Å². The van der Waals surface area contributed by atoms with E-state index in [1.165, 1.54) is 43.4 Å². The van der Waals surface area contributed by atoms with E-state index in [4.69, 9.17) is 10.5 Å². The molecule has 0 amide bonds. The van der Waals surface area contributed by atoms with Gasteiger partial charge in [0.05, 0.1) is 12.3 Å². The van der Waals surface area contributed by atoms with E-state index in [1.54, 1.807) is 6.07 Å². The number of esters is 1. The van der Waals surface area contributed by atoms with Gasteiger partial charge in [-0.2, -0.15) is 0 Å². The van der Waals surface area contributed by atoms with Gasteiger partial charge < -0.3 is 10.5 Å². The normalized spacial score (nSPS) is 17.2. The van der Waals surface area contributed by atoms with Gasteiger partial charge in [-0.1, -0.05) is 19.3 Å². The molecule has 2 rings (SSSR count). The maximum absolute atomic E-state index is 11.7. The minimum atomic E-state index is -0.266. The Morgan fingerprint density at radius 3 is 2.81 bits per heavy atom. The summed E-state index contributed by atoms with van der Waals surface area (Å²) < 4.78 is 5.30. The molecule has 0 unspecified atom stereocenters. The zero-order chi connectivity index (χ0) is 11.4. The number of nitrogen functional groups attached to an aromatic ring is 1. The Kier molecular flexibility index (Phi) is 3.83. The SMILES string of the molecule is Nc1ccsc1C(=O)OCC1CCCCC1. The fraction of sp³-hybridized carbons (Fsp3) is 0.583. The molecule has 0 bridgehead atoms. The Bertz CT molecular complexity index is 356. The highest BCUT2D eigenvalue weighted by molar-refractivity contribution is 7.12. The summed E-state index contributed by atoms with van der Waals surface area (Å²) in [4.78, 5) is 12.2. The van der Waals surface area contributed by atoms with Gasteiger partial charge in [0, 0.05) is 0 Å². The van der Waals surface area contributed by atoms with Crippen LogP contribution in [0.1, 0.15) is 41.8 Å². The Labute approximate surface area is 99.6 Å². The summed E-state index contributed by atoms with van der Waals surface area (Å²) >= 11 is 1.34. The van der Waals surface area contributed by atoms with Crippen molar-refractivity contribution in [2.45, 2.75) is 32.1 Å². The second-order valence-electron chi connectivity index (χ2n) is 4.31. The third-order valence-electron chi connectivity index (χ3n) is 3.06. The van der Waals surface area contributed by atoms with E-state index in [1.807, 2.05) is 5.38 Å². The molecule has 2 N–H and O–H groups in total. The van der Waals surface area contributed by atoms with E-state index in [0.717, 1.165) is 0 Å². The van der Waals surface area contributed by atoms with Crippen LogP contribution < -0.4 is 5.73 Å². The molecule has 0 aliphatic heterocycles. The average molecular weight is 239 g/mol. The Balaban J connectivity index is 1.81. The standard InChI is InChI=1S/C12H17NO2S/c13-10-6-7-16-11(10)12(14)15-8-9-4-2-1-3-5-9/h6-7,9H,1-5,8,13H2. The average Bonchev–Trinajstić information content (AvgIpc) is 2.74. The predicted octanol–water partition coefficient (Wildman–Crippen LogP) is 3.07. The van der Waals surface area contributed by atoms with Crippen LogP contribution in [-0.4, -0.2) is 12.6 Å². The highest BCUT2D eigenvalue weighted by atomic mass is 32.1. The second kappa shape index (κ2) is 5.34. The Hall–Kier alpha value is -1.03. The molecule has 3 nitrogen and oxygen atoms in total. The minimum Gasteiger partial charge on any atom is -0.461 e. The van der Waals surface area contributed by atoms with Crippen LogP contribution in [0.5, 0.6) is 0 Å². The van der Waals surface area contributed by atoms with Crippen LogP contribution in [-0.2, 0) is 4.74 Å². The highest BCUT2D eigenvalue weighted by Crippen LogP contribution is 2.25. The van der Waals surface area contributed by atoms with Crippen molar-refractivity contribution >= 4 is 23.0 Å². The fourth-order valence-corrected chi connectivity index (χ4v) is 2.81. The number of ether oxygens (including phenoxy) is 1. The van der Waals surface area contributed by atoms with Crippen LogP contribution in [0.15, 0.2) is 11.4 Å². The quantitative estimate of drug-likeness (QED) is 0.825. The van der Waals surface area contributed by atoms with Crippen LogP contribution in [0.4, 0.5) is 5.69 Å². The van der Waals surface area contributed by atoms with E-state index in [0.29, 0.717) is 23.1 Å². The molecule has 1 aliphatic rings. The molecule has 0 atom stereocenters. The van der Waals surface area contributed by atoms with Gasteiger partial charge in [0.25, 0.3) is 0 Å². The molecule has 1 fully saturated rings. The van der Waals surface area contributed by atoms with E-state index >= 15 is 0 Å². The van der Waals surface area contributed by atoms with E-state index in [-0.39, 0.29) is 5.97 Å². The first-order valence-electron chi connectivity index (χ1n) is 5.77. The van der Waals surface area contributed by atoms with Crippen molar-refractivity contribution in [3.63, 3.8) is 0 Å². The summed E-state index contributed by atoms with van der Waals surface area (Å²) in [5.74, 6) is 0.289. The number of hydrogen-bond donors (Lipinski definition) is 1.